The number of nitrogens with zero attached hydrogens (tertiary/aromatic N) is 3. The summed E-state index contributed by atoms with van der Waals surface area (Å²) in [5.74, 6) is -1.01. The van der Waals surface area contributed by atoms with Gasteiger partial charge in [-0.1, -0.05) is 54.6 Å². The first kappa shape index (κ1) is 32.5. The number of anilines is 1. The minimum absolute atomic E-state index is 0.204. The molecule has 46 heavy (non-hydrogen) atoms. The highest BCUT2D eigenvalue weighted by molar-refractivity contribution is 6.01. The lowest BCUT2D eigenvalue weighted by Crippen LogP contribution is -2.55. The molecule has 10 nitrogen and oxygen atoms in total. The second kappa shape index (κ2) is 13.6. The average Bonchev–Trinajstić information content (AvgIpc) is 3.41. The summed E-state index contributed by atoms with van der Waals surface area (Å²) >= 11 is 0. The Kier molecular flexibility index (Phi) is 9.65. The fraction of sp³-hybridized carbons (Fsp3) is 0.389. The third-order valence-electron chi connectivity index (χ3n) is 8.40. The Morgan fingerprint density at radius 1 is 0.891 bits per heavy atom. The number of para-hydroxylation sites is 1. The summed E-state index contributed by atoms with van der Waals surface area (Å²) in [6.45, 7) is 5.52. The van der Waals surface area contributed by atoms with E-state index < -0.39 is 29.7 Å². The number of benzene rings is 3. The van der Waals surface area contributed by atoms with Gasteiger partial charge in [-0.2, -0.15) is 0 Å². The number of carboxylic acid groups (broad SMARTS) is 1. The predicted molar refractivity (Wildman–Crippen MR) is 173 cm³/mol. The zero-order valence-corrected chi connectivity index (χ0v) is 26.8. The van der Waals surface area contributed by atoms with Crippen LogP contribution in [0.3, 0.4) is 0 Å². The summed E-state index contributed by atoms with van der Waals surface area (Å²) < 4.78 is 11.0. The molecular weight excluding hydrogens is 586 g/mol. The maximum Gasteiger partial charge on any atom is 0.415 e. The lowest BCUT2D eigenvalue weighted by molar-refractivity contribution is -0.145. The number of hydrogen-bond donors (Lipinski definition) is 1. The van der Waals surface area contributed by atoms with Crippen LogP contribution in [0.5, 0.6) is 5.75 Å². The van der Waals surface area contributed by atoms with Crippen LogP contribution in [0, 0.1) is 0 Å². The molecule has 2 heterocycles. The van der Waals surface area contributed by atoms with Crippen LogP contribution in [0.1, 0.15) is 49.4 Å². The fourth-order valence-electron chi connectivity index (χ4n) is 6.17. The maximum absolute atomic E-state index is 14.5. The molecule has 1 N–H and O–H groups in total. The molecule has 3 aromatic rings. The van der Waals surface area contributed by atoms with Gasteiger partial charge >= 0.3 is 12.1 Å². The van der Waals surface area contributed by atoms with Gasteiger partial charge in [-0.3, -0.25) is 19.3 Å². The number of carbonyl (C=O) groups excluding carboxylic acids is 3. The van der Waals surface area contributed by atoms with Gasteiger partial charge in [0.15, 0.2) is 0 Å². The van der Waals surface area contributed by atoms with Crippen molar-refractivity contribution in [1.82, 2.24) is 9.80 Å². The van der Waals surface area contributed by atoms with Crippen molar-refractivity contribution in [3.05, 3.63) is 95.1 Å². The summed E-state index contributed by atoms with van der Waals surface area (Å²) in [6, 6.07) is 21.1. The lowest BCUT2D eigenvalue weighted by atomic mass is 9.92. The summed E-state index contributed by atoms with van der Waals surface area (Å²) in [5.41, 5.74) is 3.57. The Bertz CT molecular complexity index is 1600. The molecule has 0 saturated carbocycles. The standard InChI is InChI=1S/C36H41N3O7/c1-36(2,3)46-35(44)39-30-12-8-7-10-26(30)20-31(39)34(43)37(18-17-24-13-15-29(45-4)16-14-24)23-32(40)38-22-27-11-6-5-9-25(27)19-28(38)21-33(41)42/h5-16,28,31H,17-23H2,1-4H3,(H,41,42)/t28?,31-/m1/s1. The maximum atomic E-state index is 14.5. The molecule has 10 heteroatoms. The average molecular weight is 628 g/mol. The van der Waals surface area contributed by atoms with E-state index in [0.29, 0.717) is 24.3 Å². The number of carboxylic acids is 1. The Balaban J connectivity index is 1.44. The van der Waals surface area contributed by atoms with E-state index in [9.17, 15) is 24.3 Å². The first-order valence-electron chi connectivity index (χ1n) is 15.5. The summed E-state index contributed by atoms with van der Waals surface area (Å²) in [4.78, 5) is 58.4. The second-order valence-corrected chi connectivity index (χ2v) is 12.8. The zero-order valence-electron chi connectivity index (χ0n) is 26.8. The SMILES string of the molecule is COc1ccc(CCN(CC(=O)N2Cc3ccccc3CC2CC(=O)O)C(=O)[C@H]2Cc3ccccc3N2C(=O)OC(C)(C)C)cc1. The van der Waals surface area contributed by atoms with Crippen LogP contribution in [0.25, 0.3) is 0 Å². The van der Waals surface area contributed by atoms with Gasteiger partial charge in [-0.05, 0) is 74.1 Å². The number of ether oxygens (including phenoxy) is 2. The van der Waals surface area contributed by atoms with Crippen molar-refractivity contribution in [3.8, 4) is 5.75 Å². The zero-order chi connectivity index (χ0) is 33.0. The van der Waals surface area contributed by atoms with Crippen molar-refractivity contribution in [2.45, 2.75) is 70.7 Å². The van der Waals surface area contributed by atoms with E-state index >= 15 is 0 Å². The quantitative estimate of drug-likeness (QED) is 0.360. The third-order valence-corrected chi connectivity index (χ3v) is 8.40. The summed E-state index contributed by atoms with van der Waals surface area (Å²) in [6.07, 6.45) is 0.311. The second-order valence-electron chi connectivity index (χ2n) is 12.8. The lowest BCUT2D eigenvalue weighted by Gasteiger charge is -2.38. The topological polar surface area (TPSA) is 117 Å². The van der Waals surface area contributed by atoms with Crippen LogP contribution >= 0.6 is 0 Å². The van der Waals surface area contributed by atoms with Crippen molar-refractivity contribution in [3.63, 3.8) is 0 Å². The van der Waals surface area contributed by atoms with Crippen LogP contribution in [-0.2, 0) is 44.9 Å². The van der Waals surface area contributed by atoms with Gasteiger partial charge in [0.2, 0.25) is 11.8 Å². The number of aliphatic carboxylic acids is 1. The number of hydrogen-bond acceptors (Lipinski definition) is 6. The molecule has 0 bridgehead atoms. The third kappa shape index (κ3) is 7.50. The molecule has 0 saturated heterocycles. The van der Waals surface area contributed by atoms with Gasteiger partial charge in [-0.15, -0.1) is 0 Å². The van der Waals surface area contributed by atoms with E-state index in [1.807, 2.05) is 66.7 Å². The number of methoxy groups -OCH3 is 1. The van der Waals surface area contributed by atoms with Crippen LogP contribution in [0.4, 0.5) is 10.5 Å². The van der Waals surface area contributed by atoms with Gasteiger partial charge in [-0.25, -0.2) is 4.79 Å². The largest absolute Gasteiger partial charge is 0.497 e. The van der Waals surface area contributed by atoms with Crippen LogP contribution in [0.2, 0.25) is 0 Å². The first-order valence-corrected chi connectivity index (χ1v) is 15.5. The molecule has 2 atom stereocenters. The highest BCUT2D eigenvalue weighted by Crippen LogP contribution is 2.34. The number of rotatable bonds is 9. The predicted octanol–water partition coefficient (Wildman–Crippen LogP) is 4.86. The van der Waals surface area contributed by atoms with Crippen LogP contribution in [0.15, 0.2) is 72.8 Å². The van der Waals surface area contributed by atoms with Gasteiger partial charge in [0.1, 0.15) is 17.4 Å². The van der Waals surface area contributed by atoms with E-state index in [1.54, 1.807) is 38.8 Å². The number of fused-ring (bicyclic) bond motifs is 2. The molecule has 0 aromatic heterocycles. The molecule has 3 amide bonds. The van der Waals surface area contributed by atoms with E-state index in [-0.39, 0.29) is 44.3 Å². The molecule has 2 aliphatic rings. The van der Waals surface area contributed by atoms with Gasteiger partial charge < -0.3 is 24.4 Å². The van der Waals surface area contributed by atoms with Crippen LogP contribution < -0.4 is 9.64 Å². The smallest absolute Gasteiger partial charge is 0.415 e. The molecular formula is C36H41N3O7. The Morgan fingerprint density at radius 3 is 2.20 bits per heavy atom. The first-order chi connectivity index (χ1) is 21.9. The molecule has 0 fully saturated rings. The van der Waals surface area contributed by atoms with E-state index in [4.69, 9.17) is 9.47 Å². The fourth-order valence-corrected chi connectivity index (χ4v) is 6.17. The Labute approximate surface area is 269 Å². The van der Waals surface area contributed by atoms with E-state index in [0.717, 1.165) is 22.3 Å². The minimum atomic E-state index is -0.994. The monoisotopic (exact) mass is 627 g/mol. The van der Waals surface area contributed by atoms with Crippen molar-refractivity contribution in [2.75, 3.05) is 25.1 Å². The summed E-state index contributed by atoms with van der Waals surface area (Å²) in [5, 5.41) is 9.66. The molecule has 0 aliphatic carbocycles. The number of amides is 3. The van der Waals surface area contributed by atoms with Crippen molar-refractivity contribution < 1.29 is 33.8 Å². The number of carbonyl (C=O) groups is 4. The van der Waals surface area contributed by atoms with Gasteiger partial charge in [0.05, 0.1) is 25.8 Å². The molecule has 1 unspecified atom stereocenters. The van der Waals surface area contributed by atoms with Crippen molar-refractivity contribution in [2.24, 2.45) is 0 Å². The summed E-state index contributed by atoms with van der Waals surface area (Å²) in [7, 11) is 1.59. The molecule has 0 spiro atoms. The molecule has 242 valence electrons. The molecule has 5 rings (SSSR count). The van der Waals surface area contributed by atoms with Crippen molar-refractivity contribution >= 4 is 29.6 Å². The Morgan fingerprint density at radius 2 is 1.54 bits per heavy atom. The van der Waals surface area contributed by atoms with E-state index in [1.165, 1.54) is 9.80 Å². The van der Waals surface area contributed by atoms with Gasteiger partial charge in [0, 0.05) is 25.6 Å². The highest BCUT2D eigenvalue weighted by Gasteiger charge is 2.43. The highest BCUT2D eigenvalue weighted by atomic mass is 16.6. The Hall–Kier alpha value is -4.86. The van der Waals surface area contributed by atoms with E-state index in [2.05, 4.69) is 0 Å². The minimum Gasteiger partial charge on any atom is -0.497 e. The molecule has 2 aliphatic heterocycles. The molecule has 3 aromatic carbocycles. The van der Waals surface area contributed by atoms with Crippen LogP contribution in [-0.4, -0.2) is 76.7 Å². The van der Waals surface area contributed by atoms with Gasteiger partial charge in [0.25, 0.3) is 0 Å². The normalized spacial score (nSPS) is 17.1. The van der Waals surface area contributed by atoms with Crippen molar-refractivity contribution in [1.29, 1.82) is 0 Å². The molecule has 0 radical (unpaired) electrons.